The number of aromatic carboxylic acids is 1. The summed E-state index contributed by atoms with van der Waals surface area (Å²) in [6, 6.07) is 1.49. The van der Waals surface area contributed by atoms with Crippen LogP contribution in [0.4, 0.5) is 5.82 Å². The van der Waals surface area contributed by atoms with E-state index in [9.17, 15) is 4.79 Å². The summed E-state index contributed by atoms with van der Waals surface area (Å²) in [5, 5.41) is 13.0. The Kier molecular flexibility index (Phi) is 2.93. The van der Waals surface area contributed by atoms with Crippen LogP contribution in [0.25, 0.3) is 0 Å². The molecule has 0 atom stereocenters. The first-order valence-electron chi connectivity index (χ1n) is 7.70. The number of carbonyl (C=O) groups is 1. The Morgan fingerprint density at radius 1 is 1.24 bits per heavy atom. The largest absolute Gasteiger partial charge is 0.478 e. The molecule has 4 aliphatic carbocycles. The number of hydrogen-bond acceptors (Lipinski definition) is 3. The van der Waals surface area contributed by atoms with Crippen molar-refractivity contribution >= 4 is 23.4 Å². The highest BCUT2D eigenvalue weighted by Crippen LogP contribution is 2.56. The lowest BCUT2D eigenvalue weighted by Crippen LogP contribution is -2.54. The van der Waals surface area contributed by atoms with Crippen molar-refractivity contribution in [2.45, 2.75) is 44.1 Å². The zero-order chi connectivity index (χ0) is 14.6. The summed E-state index contributed by atoms with van der Waals surface area (Å²) in [5.74, 6) is 2.19. The predicted molar refractivity (Wildman–Crippen MR) is 80.7 cm³/mol. The van der Waals surface area contributed by atoms with E-state index in [0.29, 0.717) is 10.8 Å². The minimum atomic E-state index is -0.995. The van der Waals surface area contributed by atoms with Gasteiger partial charge in [0.15, 0.2) is 0 Å². The van der Waals surface area contributed by atoms with Gasteiger partial charge >= 0.3 is 5.97 Å². The molecule has 0 unspecified atom stereocenters. The van der Waals surface area contributed by atoms with Crippen LogP contribution in [-0.2, 0) is 0 Å². The minimum absolute atomic E-state index is 0.135. The first-order chi connectivity index (χ1) is 10.0. The Labute approximate surface area is 128 Å². The number of carboxylic acid groups (broad SMARTS) is 1. The highest BCUT2D eigenvalue weighted by atomic mass is 35.5. The molecule has 4 nitrogen and oxygen atoms in total. The number of hydrogen-bond donors (Lipinski definition) is 2. The lowest BCUT2D eigenvalue weighted by atomic mass is 9.53. The van der Waals surface area contributed by atoms with Crippen molar-refractivity contribution in [3.8, 4) is 0 Å². The van der Waals surface area contributed by atoms with Crippen molar-refractivity contribution in [1.82, 2.24) is 4.98 Å². The molecule has 2 N–H and O–H groups in total. The van der Waals surface area contributed by atoms with Gasteiger partial charge in [-0.15, -0.1) is 0 Å². The summed E-state index contributed by atoms with van der Waals surface area (Å²) in [4.78, 5) is 15.2. The van der Waals surface area contributed by atoms with Gasteiger partial charge in [0.25, 0.3) is 0 Å². The van der Waals surface area contributed by atoms with E-state index in [1.165, 1.54) is 50.8 Å². The van der Waals surface area contributed by atoms with Crippen molar-refractivity contribution in [3.05, 3.63) is 22.8 Å². The Balaban J connectivity index is 1.60. The fourth-order valence-electron chi connectivity index (χ4n) is 5.16. The molecule has 0 amide bonds. The molecule has 4 saturated carbocycles. The molecule has 5 heteroatoms. The number of pyridine rings is 1. The topological polar surface area (TPSA) is 62.2 Å². The van der Waals surface area contributed by atoms with Gasteiger partial charge in [-0.1, -0.05) is 11.6 Å². The van der Waals surface area contributed by atoms with Gasteiger partial charge in [0.1, 0.15) is 5.82 Å². The Hall–Kier alpha value is -1.29. The molecule has 0 aliphatic heterocycles. The third kappa shape index (κ3) is 2.30. The number of nitrogens with zero attached hydrogens (tertiary/aromatic N) is 1. The maximum atomic E-state index is 11.0. The number of nitrogens with one attached hydrogen (secondary N) is 1. The summed E-state index contributed by atoms with van der Waals surface area (Å²) in [6.45, 7) is 0. The fraction of sp³-hybridized carbons (Fsp3) is 0.625. The van der Waals surface area contributed by atoms with E-state index in [-0.39, 0.29) is 11.1 Å². The molecule has 4 aliphatic rings. The monoisotopic (exact) mass is 306 g/mol. The van der Waals surface area contributed by atoms with Gasteiger partial charge in [0, 0.05) is 11.7 Å². The second kappa shape index (κ2) is 4.60. The summed E-state index contributed by atoms with van der Waals surface area (Å²) < 4.78 is 0. The summed E-state index contributed by atoms with van der Waals surface area (Å²) in [5.41, 5.74) is 0.270. The molecule has 21 heavy (non-hydrogen) atoms. The quantitative estimate of drug-likeness (QED) is 0.891. The van der Waals surface area contributed by atoms with E-state index in [1.54, 1.807) is 0 Å². The van der Waals surface area contributed by atoms with Gasteiger partial charge in [0.2, 0.25) is 0 Å². The first-order valence-corrected chi connectivity index (χ1v) is 8.08. The first kappa shape index (κ1) is 13.4. The molecular formula is C16H19ClN2O2. The molecule has 0 spiro atoms. The minimum Gasteiger partial charge on any atom is -0.478 e. The van der Waals surface area contributed by atoms with E-state index in [0.717, 1.165) is 17.8 Å². The number of halogens is 1. The molecule has 1 aromatic rings. The maximum absolute atomic E-state index is 11.0. The van der Waals surface area contributed by atoms with Gasteiger partial charge in [0.05, 0.1) is 10.6 Å². The lowest BCUT2D eigenvalue weighted by molar-refractivity contribution is 0.0105. The third-order valence-corrected chi connectivity index (χ3v) is 5.80. The Morgan fingerprint density at radius 2 is 1.81 bits per heavy atom. The van der Waals surface area contributed by atoms with Gasteiger partial charge < -0.3 is 10.4 Å². The van der Waals surface area contributed by atoms with Gasteiger partial charge in [-0.2, -0.15) is 0 Å². The van der Waals surface area contributed by atoms with Crippen LogP contribution in [0.1, 0.15) is 48.9 Å². The van der Waals surface area contributed by atoms with Gasteiger partial charge in [-0.3, -0.25) is 0 Å². The number of carboxylic acids is 1. The van der Waals surface area contributed by atoms with Gasteiger partial charge in [-0.25, -0.2) is 9.78 Å². The van der Waals surface area contributed by atoms with Crippen molar-refractivity contribution in [2.75, 3.05) is 5.32 Å². The van der Waals surface area contributed by atoms with Crippen LogP contribution in [0, 0.1) is 17.8 Å². The van der Waals surface area contributed by atoms with Crippen molar-refractivity contribution in [1.29, 1.82) is 0 Å². The summed E-state index contributed by atoms with van der Waals surface area (Å²) in [6.07, 6.45) is 9.17. The zero-order valence-electron chi connectivity index (χ0n) is 11.8. The van der Waals surface area contributed by atoms with E-state index in [1.807, 2.05) is 0 Å². The molecule has 4 bridgehead atoms. The van der Waals surface area contributed by atoms with E-state index in [2.05, 4.69) is 10.3 Å². The molecular weight excluding hydrogens is 288 g/mol. The normalized spacial score (nSPS) is 36.7. The number of rotatable bonds is 3. The highest BCUT2D eigenvalue weighted by Gasteiger charge is 2.51. The zero-order valence-corrected chi connectivity index (χ0v) is 12.6. The molecule has 4 fully saturated rings. The molecule has 5 rings (SSSR count). The van der Waals surface area contributed by atoms with Gasteiger partial charge in [-0.05, 0) is 62.3 Å². The van der Waals surface area contributed by atoms with Crippen molar-refractivity contribution in [2.24, 2.45) is 17.8 Å². The van der Waals surface area contributed by atoms with Crippen LogP contribution in [-0.4, -0.2) is 21.6 Å². The van der Waals surface area contributed by atoms with Crippen LogP contribution in [0.15, 0.2) is 12.3 Å². The molecule has 0 saturated heterocycles. The fourth-order valence-corrected chi connectivity index (χ4v) is 5.38. The summed E-state index contributed by atoms with van der Waals surface area (Å²) in [7, 11) is 0. The second-order valence-corrected chi connectivity index (χ2v) is 7.59. The Morgan fingerprint density at radius 3 is 2.29 bits per heavy atom. The maximum Gasteiger partial charge on any atom is 0.337 e. The van der Waals surface area contributed by atoms with Crippen molar-refractivity contribution in [3.63, 3.8) is 0 Å². The molecule has 0 aromatic carbocycles. The second-order valence-electron chi connectivity index (χ2n) is 7.18. The standard InChI is InChI=1S/C16H19ClN2O2/c17-13-4-12(15(20)21)8-18-14(13)19-16-5-9-1-10(6-16)3-11(2-9)7-16/h4,8-11H,1-3,5-7H2,(H,18,19)(H,20,21). The van der Waals surface area contributed by atoms with E-state index < -0.39 is 5.97 Å². The SMILES string of the molecule is O=C(O)c1cnc(NC23CC4CC(CC(C4)C2)C3)c(Cl)c1. The molecule has 0 radical (unpaired) electrons. The smallest absolute Gasteiger partial charge is 0.337 e. The molecule has 112 valence electrons. The van der Waals surface area contributed by atoms with Crippen LogP contribution >= 0.6 is 11.6 Å². The molecule has 1 heterocycles. The summed E-state index contributed by atoms with van der Waals surface area (Å²) >= 11 is 6.23. The van der Waals surface area contributed by atoms with Crippen molar-refractivity contribution < 1.29 is 9.90 Å². The van der Waals surface area contributed by atoms with E-state index >= 15 is 0 Å². The number of anilines is 1. The predicted octanol–water partition coefficient (Wildman–Crippen LogP) is 3.81. The van der Waals surface area contributed by atoms with E-state index in [4.69, 9.17) is 16.7 Å². The van der Waals surface area contributed by atoms with Crippen LogP contribution < -0.4 is 5.32 Å². The van der Waals surface area contributed by atoms with Crippen LogP contribution in [0.3, 0.4) is 0 Å². The van der Waals surface area contributed by atoms with Crippen LogP contribution in [0.2, 0.25) is 5.02 Å². The Bertz CT molecular complexity index is 567. The lowest BCUT2D eigenvalue weighted by Gasteiger charge is -2.57. The average molecular weight is 307 g/mol. The molecule has 1 aromatic heterocycles. The highest BCUT2D eigenvalue weighted by molar-refractivity contribution is 6.33. The van der Waals surface area contributed by atoms with Crippen LogP contribution in [0.5, 0.6) is 0 Å². The third-order valence-electron chi connectivity index (χ3n) is 5.51. The average Bonchev–Trinajstić information content (AvgIpc) is 2.39. The number of aromatic nitrogens is 1.